The van der Waals surface area contributed by atoms with Crippen molar-refractivity contribution in [2.75, 3.05) is 19.6 Å². The van der Waals surface area contributed by atoms with Crippen molar-refractivity contribution in [3.63, 3.8) is 0 Å². The van der Waals surface area contributed by atoms with Crippen LogP contribution in [0.2, 0.25) is 0 Å². The number of rotatable bonds is 2. The largest absolute Gasteiger partial charge is 0.459 e. The van der Waals surface area contributed by atoms with E-state index in [1.54, 1.807) is 18.4 Å². The molecule has 1 aliphatic heterocycles. The van der Waals surface area contributed by atoms with Gasteiger partial charge < -0.3 is 14.6 Å². The molecular formula is C13H20N2O2. The van der Waals surface area contributed by atoms with E-state index < -0.39 is 0 Å². The first kappa shape index (κ1) is 12.2. The van der Waals surface area contributed by atoms with Crippen molar-refractivity contribution in [3.05, 3.63) is 24.2 Å². The lowest BCUT2D eigenvalue weighted by atomic mass is 10.0. The number of nitrogens with zero attached hydrogens (tertiary/aromatic N) is 1. The zero-order chi connectivity index (χ0) is 12.3. The molecule has 0 aliphatic carbocycles. The molecule has 0 saturated carbocycles. The van der Waals surface area contributed by atoms with E-state index in [-0.39, 0.29) is 11.9 Å². The number of hydrogen-bond acceptors (Lipinski definition) is 3. The summed E-state index contributed by atoms with van der Waals surface area (Å²) >= 11 is 0. The van der Waals surface area contributed by atoms with Crippen LogP contribution in [-0.2, 0) is 0 Å². The molecule has 0 aromatic carbocycles. The van der Waals surface area contributed by atoms with Crippen LogP contribution >= 0.6 is 0 Å². The number of nitrogens with one attached hydrogen (secondary N) is 1. The highest BCUT2D eigenvalue weighted by Gasteiger charge is 2.29. The number of carbonyl (C=O) groups excluding carboxylic acids is 1. The Morgan fingerprint density at radius 3 is 3.06 bits per heavy atom. The van der Waals surface area contributed by atoms with Gasteiger partial charge in [-0.15, -0.1) is 0 Å². The highest BCUT2D eigenvalue weighted by molar-refractivity contribution is 5.91. The van der Waals surface area contributed by atoms with Crippen LogP contribution in [0.15, 0.2) is 22.8 Å². The molecule has 1 N–H and O–H groups in total. The highest BCUT2D eigenvalue weighted by Crippen LogP contribution is 2.17. The quantitative estimate of drug-likeness (QED) is 0.850. The van der Waals surface area contributed by atoms with Gasteiger partial charge in [-0.1, -0.05) is 13.8 Å². The van der Waals surface area contributed by atoms with Crippen molar-refractivity contribution in [3.8, 4) is 0 Å². The van der Waals surface area contributed by atoms with Crippen LogP contribution < -0.4 is 5.32 Å². The molecule has 0 spiro atoms. The summed E-state index contributed by atoms with van der Waals surface area (Å²) in [6, 6.07) is 3.74. The minimum atomic E-state index is 0.0115. The first-order chi connectivity index (χ1) is 8.20. The first-order valence-corrected chi connectivity index (χ1v) is 6.25. The lowest BCUT2D eigenvalue weighted by Gasteiger charge is -2.32. The Labute approximate surface area is 102 Å². The fourth-order valence-corrected chi connectivity index (χ4v) is 2.29. The van der Waals surface area contributed by atoms with Gasteiger partial charge in [0.1, 0.15) is 0 Å². The van der Waals surface area contributed by atoms with Gasteiger partial charge in [0, 0.05) is 19.1 Å². The molecule has 17 heavy (non-hydrogen) atoms. The molecule has 1 aliphatic rings. The molecule has 2 heterocycles. The SMILES string of the molecule is CC(C)C1CNCCCN1C(=O)c1ccco1. The third kappa shape index (κ3) is 2.69. The molecule has 0 bridgehead atoms. The maximum atomic E-state index is 12.3. The molecule has 1 aromatic rings. The highest BCUT2D eigenvalue weighted by atomic mass is 16.3. The average Bonchev–Trinajstić information content (AvgIpc) is 2.71. The van der Waals surface area contributed by atoms with Crippen LogP contribution in [0.5, 0.6) is 0 Å². The smallest absolute Gasteiger partial charge is 0.289 e. The molecule has 4 heteroatoms. The van der Waals surface area contributed by atoms with E-state index in [1.807, 2.05) is 4.90 Å². The summed E-state index contributed by atoms with van der Waals surface area (Å²) < 4.78 is 5.21. The third-order valence-electron chi connectivity index (χ3n) is 3.27. The maximum absolute atomic E-state index is 12.3. The Morgan fingerprint density at radius 1 is 1.59 bits per heavy atom. The van der Waals surface area contributed by atoms with E-state index >= 15 is 0 Å². The minimum Gasteiger partial charge on any atom is -0.459 e. The van der Waals surface area contributed by atoms with Crippen molar-refractivity contribution >= 4 is 5.91 Å². The van der Waals surface area contributed by atoms with Gasteiger partial charge in [0.25, 0.3) is 5.91 Å². The molecule has 94 valence electrons. The zero-order valence-corrected chi connectivity index (χ0v) is 10.5. The second-order valence-electron chi connectivity index (χ2n) is 4.84. The van der Waals surface area contributed by atoms with Gasteiger partial charge in [-0.2, -0.15) is 0 Å². The predicted octanol–water partition coefficient (Wildman–Crippen LogP) is 1.74. The Morgan fingerprint density at radius 2 is 2.41 bits per heavy atom. The number of amides is 1. The number of furan rings is 1. The summed E-state index contributed by atoms with van der Waals surface area (Å²) in [6.45, 7) is 6.95. The Kier molecular flexibility index (Phi) is 3.84. The molecule has 0 radical (unpaired) electrons. The van der Waals surface area contributed by atoms with Crippen LogP contribution in [0.1, 0.15) is 30.8 Å². The van der Waals surface area contributed by atoms with Crippen molar-refractivity contribution in [2.24, 2.45) is 5.92 Å². The second-order valence-corrected chi connectivity index (χ2v) is 4.84. The third-order valence-corrected chi connectivity index (χ3v) is 3.27. The van der Waals surface area contributed by atoms with Crippen molar-refractivity contribution in [1.29, 1.82) is 0 Å². The molecule has 1 unspecified atom stereocenters. The Hall–Kier alpha value is -1.29. The van der Waals surface area contributed by atoms with Crippen molar-refractivity contribution in [2.45, 2.75) is 26.3 Å². The molecular weight excluding hydrogens is 216 g/mol. The normalized spacial score (nSPS) is 21.6. The van der Waals surface area contributed by atoms with Crippen molar-refractivity contribution in [1.82, 2.24) is 10.2 Å². The number of hydrogen-bond donors (Lipinski definition) is 1. The molecule has 1 amide bonds. The fraction of sp³-hybridized carbons (Fsp3) is 0.615. The van der Waals surface area contributed by atoms with E-state index in [9.17, 15) is 4.79 Å². The summed E-state index contributed by atoms with van der Waals surface area (Å²) in [5.74, 6) is 0.898. The molecule has 1 atom stereocenters. The van der Waals surface area contributed by atoms with Gasteiger partial charge in [0.15, 0.2) is 5.76 Å². The monoisotopic (exact) mass is 236 g/mol. The first-order valence-electron chi connectivity index (χ1n) is 6.25. The standard InChI is InChI=1S/C13H20N2O2/c1-10(2)11-9-14-6-4-7-15(11)13(16)12-5-3-8-17-12/h3,5,8,10-11,14H,4,6-7,9H2,1-2H3. The summed E-state index contributed by atoms with van der Waals surface area (Å²) in [5.41, 5.74) is 0. The lowest BCUT2D eigenvalue weighted by molar-refractivity contribution is 0.0613. The maximum Gasteiger partial charge on any atom is 0.289 e. The van der Waals surface area contributed by atoms with Gasteiger partial charge in [-0.25, -0.2) is 0 Å². The van der Waals surface area contributed by atoms with Crippen LogP contribution in [0.3, 0.4) is 0 Å². The van der Waals surface area contributed by atoms with E-state index in [2.05, 4.69) is 19.2 Å². The molecule has 4 nitrogen and oxygen atoms in total. The Bertz CT molecular complexity index is 360. The molecule has 1 saturated heterocycles. The summed E-state index contributed by atoms with van der Waals surface area (Å²) in [6.07, 6.45) is 2.54. The predicted molar refractivity (Wildman–Crippen MR) is 65.9 cm³/mol. The molecule has 1 fully saturated rings. The van der Waals surface area contributed by atoms with Crippen LogP contribution in [0.4, 0.5) is 0 Å². The molecule has 2 rings (SSSR count). The van der Waals surface area contributed by atoms with Gasteiger partial charge >= 0.3 is 0 Å². The second kappa shape index (κ2) is 5.36. The molecule has 1 aromatic heterocycles. The lowest BCUT2D eigenvalue weighted by Crippen LogP contribution is -2.46. The van der Waals surface area contributed by atoms with Crippen molar-refractivity contribution < 1.29 is 9.21 Å². The summed E-state index contributed by atoms with van der Waals surface area (Å²) in [5, 5.41) is 3.38. The van der Waals surface area contributed by atoms with Gasteiger partial charge in [-0.05, 0) is 31.0 Å². The average molecular weight is 236 g/mol. The fourth-order valence-electron chi connectivity index (χ4n) is 2.29. The van der Waals surface area contributed by atoms with Gasteiger partial charge in [0.05, 0.1) is 6.26 Å². The van der Waals surface area contributed by atoms with E-state index in [0.717, 1.165) is 26.1 Å². The summed E-state index contributed by atoms with van der Waals surface area (Å²) in [7, 11) is 0. The minimum absolute atomic E-state index is 0.0115. The van der Waals surface area contributed by atoms with Crippen LogP contribution in [0.25, 0.3) is 0 Å². The van der Waals surface area contributed by atoms with Crippen LogP contribution in [0, 0.1) is 5.92 Å². The number of carbonyl (C=O) groups is 1. The van der Waals surface area contributed by atoms with E-state index in [1.165, 1.54) is 0 Å². The van der Waals surface area contributed by atoms with Gasteiger partial charge in [-0.3, -0.25) is 4.79 Å². The van der Waals surface area contributed by atoms with Crippen LogP contribution in [-0.4, -0.2) is 36.5 Å². The van der Waals surface area contributed by atoms with E-state index in [0.29, 0.717) is 11.7 Å². The Balaban J connectivity index is 2.17. The van der Waals surface area contributed by atoms with E-state index in [4.69, 9.17) is 4.42 Å². The summed E-state index contributed by atoms with van der Waals surface area (Å²) in [4.78, 5) is 14.3. The zero-order valence-electron chi connectivity index (χ0n) is 10.5. The van der Waals surface area contributed by atoms with Gasteiger partial charge in [0.2, 0.25) is 0 Å². The topological polar surface area (TPSA) is 45.5 Å².